The Morgan fingerprint density at radius 1 is 0.567 bits per heavy atom. The van der Waals surface area contributed by atoms with Gasteiger partial charge in [-0.3, -0.25) is 4.18 Å². The second kappa shape index (κ2) is 22.0. The number of nitrogens with zero attached hydrogens (tertiary/aromatic N) is 1. The molecule has 5 nitrogen and oxygen atoms in total. The lowest BCUT2D eigenvalue weighted by Gasteiger charge is -2.38. The SMILES string of the molecule is CCCCCCCCCCCCOS(=O)(=O)[O-].CCC[N+](CCC)(CCC)CCC. The van der Waals surface area contributed by atoms with Crippen LogP contribution >= 0.6 is 0 Å². The number of hydrogen-bond donors (Lipinski definition) is 0. The summed E-state index contributed by atoms with van der Waals surface area (Å²) in [6, 6.07) is 0. The van der Waals surface area contributed by atoms with E-state index in [2.05, 4.69) is 38.8 Å². The van der Waals surface area contributed by atoms with Gasteiger partial charge in [0, 0.05) is 0 Å². The summed E-state index contributed by atoms with van der Waals surface area (Å²) in [6.07, 6.45) is 17.0. The topological polar surface area (TPSA) is 66.4 Å². The molecule has 6 heteroatoms. The zero-order valence-corrected chi connectivity index (χ0v) is 21.7. The van der Waals surface area contributed by atoms with Crippen LogP contribution in [0.25, 0.3) is 0 Å². The van der Waals surface area contributed by atoms with E-state index in [-0.39, 0.29) is 6.61 Å². The van der Waals surface area contributed by atoms with Gasteiger partial charge in [-0.05, 0) is 32.1 Å². The number of rotatable bonds is 20. The largest absolute Gasteiger partial charge is 0.726 e. The van der Waals surface area contributed by atoms with E-state index in [9.17, 15) is 13.0 Å². The van der Waals surface area contributed by atoms with Crippen molar-refractivity contribution >= 4 is 10.4 Å². The normalized spacial score (nSPS) is 11.9. The molecule has 0 N–H and O–H groups in total. The van der Waals surface area contributed by atoms with Crippen molar-refractivity contribution in [2.24, 2.45) is 0 Å². The van der Waals surface area contributed by atoms with Gasteiger partial charge >= 0.3 is 0 Å². The Morgan fingerprint density at radius 2 is 0.900 bits per heavy atom. The molecule has 30 heavy (non-hydrogen) atoms. The molecular formula is C24H53NO4S. The minimum absolute atomic E-state index is 0.0301. The van der Waals surface area contributed by atoms with Crippen molar-refractivity contribution in [2.45, 2.75) is 125 Å². The molecule has 0 aliphatic heterocycles. The third kappa shape index (κ3) is 22.5. The molecule has 0 aliphatic rings. The average Bonchev–Trinajstić information content (AvgIpc) is 2.67. The third-order valence-corrected chi connectivity index (χ3v) is 5.97. The Balaban J connectivity index is 0. The van der Waals surface area contributed by atoms with E-state index >= 15 is 0 Å². The summed E-state index contributed by atoms with van der Waals surface area (Å²) in [5.74, 6) is 0. The van der Waals surface area contributed by atoms with Crippen molar-refractivity contribution in [2.75, 3.05) is 32.8 Å². The molecule has 0 bridgehead atoms. The van der Waals surface area contributed by atoms with E-state index < -0.39 is 10.4 Å². The fourth-order valence-corrected chi connectivity index (χ4v) is 4.64. The van der Waals surface area contributed by atoms with Crippen LogP contribution in [0.1, 0.15) is 125 Å². The van der Waals surface area contributed by atoms with E-state index in [0.29, 0.717) is 6.42 Å². The molecule has 0 heterocycles. The number of quaternary nitrogens is 1. The smallest absolute Gasteiger partial charge is 0.217 e. The summed E-state index contributed by atoms with van der Waals surface area (Å²) in [7, 11) is -4.48. The summed E-state index contributed by atoms with van der Waals surface area (Å²) in [6.45, 7) is 17.0. The third-order valence-electron chi connectivity index (χ3n) is 5.52. The van der Waals surface area contributed by atoms with Gasteiger partial charge in [-0.15, -0.1) is 0 Å². The first-order valence-corrected chi connectivity index (χ1v) is 14.1. The molecule has 0 saturated carbocycles. The Hall–Kier alpha value is -0.170. The first-order chi connectivity index (χ1) is 14.3. The summed E-state index contributed by atoms with van der Waals surface area (Å²) in [5, 5.41) is 0. The summed E-state index contributed by atoms with van der Waals surface area (Å²) in [4.78, 5) is 0. The lowest BCUT2D eigenvalue weighted by Crippen LogP contribution is -2.50. The molecule has 0 radical (unpaired) electrons. The lowest BCUT2D eigenvalue weighted by atomic mass is 10.1. The maximum atomic E-state index is 10.1. The molecule has 184 valence electrons. The van der Waals surface area contributed by atoms with Gasteiger partial charge in [-0.2, -0.15) is 0 Å². The van der Waals surface area contributed by atoms with Crippen LogP contribution in [0.15, 0.2) is 0 Å². The van der Waals surface area contributed by atoms with Crippen molar-refractivity contribution in [3.63, 3.8) is 0 Å². The molecule has 0 amide bonds. The first kappa shape index (κ1) is 32.0. The van der Waals surface area contributed by atoms with Crippen LogP contribution in [0.2, 0.25) is 0 Å². The highest BCUT2D eigenvalue weighted by Gasteiger charge is 2.22. The molecule has 0 aromatic heterocycles. The van der Waals surface area contributed by atoms with E-state index in [4.69, 9.17) is 0 Å². The quantitative estimate of drug-likeness (QED) is 0.0880. The molecule has 0 fully saturated rings. The van der Waals surface area contributed by atoms with Gasteiger partial charge < -0.3 is 9.04 Å². The minimum atomic E-state index is -4.48. The highest BCUT2D eigenvalue weighted by atomic mass is 32.3. The van der Waals surface area contributed by atoms with E-state index in [1.165, 1.54) is 101 Å². The van der Waals surface area contributed by atoms with Gasteiger partial charge in [0.15, 0.2) is 0 Å². The Kier molecular flexibility index (Phi) is 23.5. The maximum absolute atomic E-state index is 10.1. The highest BCUT2D eigenvalue weighted by Crippen LogP contribution is 2.13. The Morgan fingerprint density at radius 3 is 1.20 bits per heavy atom. The molecule has 0 aromatic carbocycles. The Bertz CT molecular complexity index is 411. The summed E-state index contributed by atoms with van der Waals surface area (Å²) in [5.41, 5.74) is 0. The first-order valence-electron chi connectivity index (χ1n) is 12.8. The molecule has 0 spiro atoms. The van der Waals surface area contributed by atoms with Gasteiger partial charge in [0.05, 0.1) is 32.8 Å². The molecule has 0 saturated heterocycles. The summed E-state index contributed by atoms with van der Waals surface area (Å²) >= 11 is 0. The summed E-state index contributed by atoms with van der Waals surface area (Å²) < 4.78 is 35.8. The van der Waals surface area contributed by atoms with Gasteiger partial charge in [-0.1, -0.05) is 92.4 Å². The van der Waals surface area contributed by atoms with Gasteiger partial charge in [0.1, 0.15) is 0 Å². The van der Waals surface area contributed by atoms with Gasteiger partial charge in [0.2, 0.25) is 10.4 Å². The molecule has 0 aromatic rings. The maximum Gasteiger partial charge on any atom is 0.217 e. The molecule has 0 aliphatic carbocycles. The Labute approximate surface area is 189 Å². The van der Waals surface area contributed by atoms with Crippen LogP contribution in [0, 0.1) is 0 Å². The van der Waals surface area contributed by atoms with Crippen molar-refractivity contribution in [1.29, 1.82) is 0 Å². The van der Waals surface area contributed by atoms with Crippen molar-refractivity contribution in [1.82, 2.24) is 0 Å². The van der Waals surface area contributed by atoms with E-state index in [1.807, 2.05) is 0 Å². The molecular weight excluding hydrogens is 398 g/mol. The van der Waals surface area contributed by atoms with E-state index in [0.717, 1.165) is 12.8 Å². The molecule has 0 unspecified atom stereocenters. The van der Waals surface area contributed by atoms with Crippen LogP contribution in [-0.4, -0.2) is 50.2 Å². The van der Waals surface area contributed by atoms with Crippen molar-refractivity contribution < 1.29 is 21.6 Å². The van der Waals surface area contributed by atoms with Crippen LogP contribution < -0.4 is 0 Å². The van der Waals surface area contributed by atoms with Crippen LogP contribution in [0.3, 0.4) is 0 Å². The van der Waals surface area contributed by atoms with Crippen LogP contribution in [-0.2, 0) is 14.6 Å². The monoisotopic (exact) mass is 451 g/mol. The average molecular weight is 452 g/mol. The lowest BCUT2D eigenvalue weighted by molar-refractivity contribution is -0.928. The second-order valence-electron chi connectivity index (χ2n) is 8.65. The van der Waals surface area contributed by atoms with Crippen LogP contribution in [0.4, 0.5) is 0 Å². The highest BCUT2D eigenvalue weighted by molar-refractivity contribution is 7.80. The second-order valence-corrected chi connectivity index (χ2v) is 9.70. The standard InChI is InChI=1S/C12H28N.C12H26O4S/c1-5-9-13(10-6-2,11-7-3)12-8-4;1-2-3-4-5-6-7-8-9-10-11-12-16-17(13,14)15/h5-12H2,1-4H3;2-12H2,1H3,(H,13,14,15)/q+1;/p-1. The number of unbranched alkanes of at least 4 members (excludes halogenated alkanes) is 9. The fraction of sp³-hybridized carbons (Fsp3) is 1.00. The predicted octanol–water partition coefficient (Wildman–Crippen LogP) is 6.83. The molecule has 0 atom stereocenters. The molecule has 0 rings (SSSR count). The van der Waals surface area contributed by atoms with Crippen molar-refractivity contribution in [3.05, 3.63) is 0 Å². The fourth-order valence-electron chi connectivity index (χ4n) is 4.32. The zero-order chi connectivity index (χ0) is 23.1. The van der Waals surface area contributed by atoms with E-state index in [1.54, 1.807) is 0 Å². The number of hydrogen-bond acceptors (Lipinski definition) is 4. The van der Waals surface area contributed by atoms with Crippen LogP contribution in [0.5, 0.6) is 0 Å². The minimum Gasteiger partial charge on any atom is -0.726 e. The van der Waals surface area contributed by atoms with Crippen molar-refractivity contribution in [3.8, 4) is 0 Å². The zero-order valence-electron chi connectivity index (χ0n) is 20.9. The predicted molar refractivity (Wildman–Crippen MR) is 128 cm³/mol. The van der Waals surface area contributed by atoms with Gasteiger partial charge in [0.25, 0.3) is 0 Å². The van der Waals surface area contributed by atoms with Gasteiger partial charge in [-0.25, -0.2) is 8.42 Å².